The maximum Gasteiger partial charge on any atom is -0.0241 e. The Labute approximate surface area is 126 Å². The molecule has 0 aromatic rings. The van der Waals surface area contributed by atoms with E-state index in [4.69, 9.17) is 0 Å². The summed E-state index contributed by atoms with van der Waals surface area (Å²) in [5.74, 6) is 4.44. The lowest BCUT2D eigenvalue weighted by Gasteiger charge is -2.61. The van der Waals surface area contributed by atoms with E-state index < -0.39 is 0 Å². The predicted molar refractivity (Wildman–Crippen MR) is 85.6 cm³/mol. The Hall–Kier alpha value is 0. The average molecular weight is 274 g/mol. The highest BCUT2D eigenvalue weighted by Crippen LogP contribution is 2.67. The van der Waals surface area contributed by atoms with Crippen molar-refractivity contribution in [3.05, 3.63) is 0 Å². The fourth-order valence-electron chi connectivity index (χ4n) is 7.77. The number of rotatable bonds is 1. The first-order chi connectivity index (χ1) is 9.70. The van der Waals surface area contributed by atoms with Crippen LogP contribution in [0.1, 0.15) is 90.9 Å². The Morgan fingerprint density at radius 3 is 2.55 bits per heavy atom. The van der Waals surface area contributed by atoms with Gasteiger partial charge in [0.05, 0.1) is 0 Å². The topological polar surface area (TPSA) is 0 Å². The van der Waals surface area contributed by atoms with Crippen molar-refractivity contribution in [1.82, 2.24) is 0 Å². The molecule has 0 saturated heterocycles. The molecular weight excluding hydrogens is 240 g/mol. The van der Waals surface area contributed by atoms with Gasteiger partial charge in [-0.1, -0.05) is 33.1 Å². The van der Waals surface area contributed by atoms with E-state index in [9.17, 15) is 0 Å². The van der Waals surface area contributed by atoms with E-state index in [1.165, 1.54) is 25.7 Å². The lowest BCUT2D eigenvalue weighted by Crippen LogP contribution is -2.52. The maximum absolute atomic E-state index is 2.65. The van der Waals surface area contributed by atoms with Gasteiger partial charge in [0, 0.05) is 0 Å². The molecule has 0 N–H and O–H groups in total. The molecule has 0 nitrogen and oxygen atoms in total. The third kappa shape index (κ3) is 1.72. The molecule has 0 amide bonds. The summed E-state index contributed by atoms with van der Waals surface area (Å²) < 4.78 is 0. The highest BCUT2D eigenvalue weighted by atomic mass is 14.6. The molecule has 0 spiro atoms. The third-order valence-electron chi connectivity index (χ3n) is 8.72. The van der Waals surface area contributed by atoms with Gasteiger partial charge in [0.15, 0.2) is 0 Å². The molecule has 0 aromatic heterocycles. The summed E-state index contributed by atoms with van der Waals surface area (Å²) in [6, 6.07) is 0. The Bertz CT molecular complexity index is 372. The lowest BCUT2D eigenvalue weighted by molar-refractivity contribution is -0.114. The van der Waals surface area contributed by atoms with Gasteiger partial charge in [-0.2, -0.15) is 0 Å². The minimum Gasteiger partial charge on any atom is -0.0648 e. The van der Waals surface area contributed by atoms with Gasteiger partial charge in [0.2, 0.25) is 0 Å². The second kappa shape index (κ2) is 4.75. The van der Waals surface area contributed by atoms with E-state index in [0.717, 1.165) is 34.5 Å². The lowest BCUT2D eigenvalue weighted by atomic mass is 9.44. The molecule has 0 heteroatoms. The van der Waals surface area contributed by atoms with Crippen LogP contribution in [-0.4, -0.2) is 0 Å². The normalized spacial score (nSPS) is 54.9. The zero-order valence-electron chi connectivity index (χ0n) is 13.8. The first kappa shape index (κ1) is 13.6. The molecule has 0 aromatic carbocycles. The zero-order chi connectivity index (χ0) is 13.8. The highest BCUT2D eigenvalue weighted by Gasteiger charge is 2.57. The summed E-state index contributed by atoms with van der Waals surface area (Å²) in [5, 5.41) is 0. The Balaban J connectivity index is 1.66. The first-order valence-electron chi connectivity index (χ1n) is 9.70. The highest BCUT2D eigenvalue weighted by molar-refractivity contribution is 5.07. The second-order valence-corrected chi connectivity index (χ2v) is 9.07. The summed E-state index contributed by atoms with van der Waals surface area (Å²) in [5.41, 5.74) is 1.53. The fourth-order valence-corrected chi connectivity index (χ4v) is 7.77. The molecule has 4 rings (SSSR count). The van der Waals surface area contributed by atoms with E-state index in [1.54, 1.807) is 51.4 Å². The van der Waals surface area contributed by atoms with Gasteiger partial charge in [0.1, 0.15) is 0 Å². The van der Waals surface area contributed by atoms with Gasteiger partial charge in [0.25, 0.3) is 0 Å². The van der Waals surface area contributed by atoms with Crippen LogP contribution in [0.15, 0.2) is 0 Å². The number of hydrogen-bond donors (Lipinski definition) is 0. The van der Waals surface area contributed by atoms with E-state index in [1.807, 2.05) is 0 Å². The van der Waals surface area contributed by atoms with E-state index in [2.05, 4.69) is 13.8 Å². The standard InChI is InChI=1S/C20H34/c1-3-20-13-5-4-7-15(20)9-10-16-17-8-6-12-19(17,2)14-11-18(16)20/h15-18H,3-14H2,1-2H3/t15?,16-,17-,18+,19-,20-/m0/s1. The number of fused-ring (bicyclic) bond motifs is 5. The molecule has 0 bridgehead atoms. The molecule has 0 radical (unpaired) electrons. The smallest absolute Gasteiger partial charge is 0.0241 e. The van der Waals surface area contributed by atoms with Crippen LogP contribution in [0.25, 0.3) is 0 Å². The molecule has 4 aliphatic carbocycles. The molecule has 4 saturated carbocycles. The van der Waals surface area contributed by atoms with Crippen molar-refractivity contribution in [2.45, 2.75) is 90.9 Å². The Kier molecular flexibility index (Phi) is 3.24. The molecule has 1 unspecified atom stereocenters. The van der Waals surface area contributed by atoms with Crippen LogP contribution >= 0.6 is 0 Å². The summed E-state index contributed by atoms with van der Waals surface area (Å²) in [6.07, 6.45) is 18.7. The first-order valence-corrected chi connectivity index (χ1v) is 9.70. The van der Waals surface area contributed by atoms with Crippen molar-refractivity contribution in [3.63, 3.8) is 0 Å². The van der Waals surface area contributed by atoms with Crippen LogP contribution in [0.5, 0.6) is 0 Å². The predicted octanol–water partition coefficient (Wildman–Crippen LogP) is 6.20. The summed E-state index contributed by atoms with van der Waals surface area (Å²) in [6.45, 7) is 5.18. The molecule has 20 heavy (non-hydrogen) atoms. The van der Waals surface area contributed by atoms with Crippen LogP contribution in [0.4, 0.5) is 0 Å². The molecular formula is C20H34. The van der Waals surface area contributed by atoms with Crippen molar-refractivity contribution in [1.29, 1.82) is 0 Å². The van der Waals surface area contributed by atoms with Crippen molar-refractivity contribution >= 4 is 0 Å². The van der Waals surface area contributed by atoms with Gasteiger partial charge in [-0.25, -0.2) is 0 Å². The molecule has 114 valence electrons. The monoisotopic (exact) mass is 274 g/mol. The molecule has 0 aliphatic heterocycles. The average Bonchev–Trinajstić information content (AvgIpc) is 2.88. The maximum atomic E-state index is 2.65. The zero-order valence-corrected chi connectivity index (χ0v) is 13.8. The Morgan fingerprint density at radius 1 is 0.800 bits per heavy atom. The quantitative estimate of drug-likeness (QED) is 0.534. The van der Waals surface area contributed by atoms with Crippen molar-refractivity contribution in [3.8, 4) is 0 Å². The largest absolute Gasteiger partial charge is 0.0648 e. The van der Waals surface area contributed by atoms with Crippen molar-refractivity contribution in [2.75, 3.05) is 0 Å². The van der Waals surface area contributed by atoms with E-state index in [0.29, 0.717) is 0 Å². The second-order valence-electron chi connectivity index (χ2n) is 9.07. The van der Waals surface area contributed by atoms with Crippen molar-refractivity contribution in [2.24, 2.45) is 34.5 Å². The van der Waals surface area contributed by atoms with Crippen LogP contribution < -0.4 is 0 Å². The van der Waals surface area contributed by atoms with Gasteiger partial charge < -0.3 is 0 Å². The van der Waals surface area contributed by atoms with E-state index in [-0.39, 0.29) is 0 Å². The fraction of sp³-hybridized carbons (Fsp3) is 1.00. The van der Waals surface area contributed by atoms with Gasteiger partial charge in [-0.15, -0.1) is 0 Å². The minimum atomic E-state index is 0.748. The minimum absolute atomic E-state index is 0.748. The summed E-state index contributed by atoms with van der Waals surface area (Å²) in [4.78, 5) is 0. The van der Waals surface area contributed by atoms with Crippen LogP contribution in [-0.2, 0) is 0 Å². The van der Waals surface area contributed by atoms with Crippen LogP contribution in [0, 0.1) is 34.5 Å². The third-order valence-corrected chi connectivity index (χ3v) is 8.72. The molecule has 4 aliphatic rings. The summed E-state index contributed by atoms with van der Waals surface area (Å²) >= 11 is 0. The van der Waals surface area contributed by atoms with Gasteiger partial charge >= 0.3 is 0 Å². The summed E-state index contributed by atoms with van der Waals surface area (Å²) in [7, 11) is 0. The van der Waals surface area contributed by atoms with Gasteiger partial charge in [-0.3, -0.25) is 0 Å². The number of hydrogen-bond acceptors (Lipinski definition) is 0. The van der Waals surface area contributed by atoms with Crippen molar-refractivity contribution < 1.29 is 0 Å². The molecule has 6 atom stereocenters. The molecule has 4 fully saturated rings. The SMILES string of the molecule is CC[C@]12CCCCC1CC[C@@H]1[C@H]2CC[C@]2(C)CCC[C@@H]12. The van der Waals surface area contributed by atoms with Crippen LogP contribution in [0.2, 0.25) is 0 Å². The van der Waals surface area contributed by atoms with Gasteiger partial charge in [-0.05, 0) is 92.3 Å². The Morgan fingerprint density at radius 2 is 1.70 bits per heavy atom. The molecule has 0 heterocycles. The van der Waals surface area contributed by atoms with Crippen LogP contribution in [0.3, 0.4) is 0 Å². The van der Waals surface area contributed by atoms with E-state index >= 15 is 0 Å².